The molecule has 9 nitrogen and oxygen atoms in total. The molecule has 3 aromatic rings. The molecule has 3 aromatic heterocycles. The van der Waals surface area contributed by atoms with E-state index in [0.29, 0.717) is 11.4 Å². The molecule has 148 valence electrons. The van der Waals surface area contributed by atoms with E-state index < -0.39 is 11.2 Å². The van der Waals surface area contributed by atoms with Crippen molar-refractivity contribution in [3.8, 4) is 11.4 Å². The monoisotopic (exact) mass is 392 g/mol. The number of carbonyl (C=O) groups excluding carboxylic acids is 1. The zero-order valence-corrected chi connectivity index (χ0v) is 15.9. The molecule has 0 spiro atoms. The summed E-state index contributed by atoms with van der Waals surface area (Å²) < 4.78 is 1.19. The maximum atomic E-state index is 12.5. The number of aromatic nitrogens is 5. The first-order valence-corrected chi connectivity index (χ1v) is 9.37. The normalized spacial score (nSPS) is 15.6. The molecule has 0 aliphatic heterocycles. The second-order valence-corrected chi connectivity index (χ2v) is 7.05. The van der Waals surface area contributed by atoms with E-state index in [1.54, 1.807) is 25.5 Å². The van der Waals surface area contributed by atoms with E-state index in [1.807, 2.05) is 12.1 Å². The van der Waals surface area contributed by atoms with Crippen molar-refractivity contribution < 1.29 is 4.79 Å². The summed E-state index contributed by atoms with van der Waals surface area (Å²) >= 11 is 0. The Morgan fingerprint density at radius 2 is 2.21 bits per heavy atom. The van der Waals surface area contributed by atoms with Crippen molar-refractivity contribution >= 4 is 5.91 Å². The topological polar surface area (TPSA) is 123 Å². The Bertz CT molecular complexity index is 1170. The molecule has 1 atom stereocenters. The van der Waals surface area contributed by atoms with Crippen molar-refractivity contribution in [1.29, 1.82) is 0 Å². The van der Waals surface area contributed by atoms with Crippen molar-refractivity contribution in [3.05, 3.63) is 74.6 Å². The molecule has 0 bridgehead atoms. The summed E-state index contributed by atoms with van der Waals surface area (Å²) in [4.78, 5) is 51.3. The summed E-state index contributed by atoms with van der Waals surface area (Å²) in [5.74, 6) is 0.298. The van der Waals surface area contributed by atoms with Gasteiger partial charge in [0.05, 0.1) is 6.04 Å². The van der Waals surface area contributed by atoms with Gasteiger partial charge in [0.15, 0.2) is 5.82 Å². The minimum atomic E-state index is -0.607. The lowest BCUT2D eigenvalue weighted by molar-refractivity contribution is -0.122. The van der Waals surface area contributed by atoms with Crippen LogP contribution in [0.3, 0.4) is 0 Å². The highest BCUT2D eigenvalue weighted by Crippen LogP contribution is 2.29. The van der Waals surface area contributed by atoms with Crippen molar-refractivity contribution in [3.63, 3.8) is 0 Å². The number of aromatic amines is 1. The molecule has 1 aliphatic rings. The molecule has 4 rings (SSSR count). The van der Waals surface area contributed by atoms with E-state index in [-0.39, 0.29) is 18.5 Å². The summed E-state index contributed by atoms with van der Waals surface area (Å²) in [6.07, 6.45) is 9.03. The van der Waals surface area contributed by atoms with Gasteiger partial charge in [-0.3, -0.25) is 24.1 Å². The summed E-state index contributed by atoms with van der Waals surface area (Å²) in [6.45, 7) is 1.41. The average Bonchev–Trinajstić information content (AvgIpc) is 2.72. The van der Waals surface area contributed by atoms with Crippen molar-refractivity contribution in [2.75, 3.05) is 0 Å². The fraction of sp³-hybridized carbons (Fsp3) is 0.300. The van der Waals surface area contributed by atoms with Crippen LogP contribution >= 0.6 is 0 Å². The Balaban J connectivity index is 1.52. The van der Waals surface area contributed by atoms with Crippen LogP contribution in [0.15, 0.2) is 46.5 Å². The van der Waals surface area contributed by atoms with Crippen LogP contribution in [0.2, 0.25) is 0 Å². The van der Waals surface area contributed by atoms with Crippen LogP contribution < -0.4 is 16.6 Å². The van der Waals surface area contributed by atoms with Gasteiger partial charge in [0, 0.05) is 47.2 Å². The lowest BCUT2D eigenvalue weighted by Crippen LogP contribution is -2.38. The van der Waals surface area contributed by atoms with Gasteiger partial charge in [0.2, 0.25) is 5.91 Å². The van der Waals surface area contributed by atoms with E-state index >= 15 is 0 Å². The molecular formula is C20H20N6O3. The molecule has 1 aliphatic carbocycles. The molecule has 9 heteroatoms. The Labute approximate surface area is 165 Å². The van der Waals surface area contributed by atoms with Gasteiger partial charge in [-0.1, -0.05) is 0 Å². The molecule has 0 fully saturated rings. The lowest BCUT2D eigenvalue weighted by atomic mass is 9.92. The Morgan fingerprint density at radius 1 is 1.34 bits per heavy atom. The predicted molar refractivity (Wildman–Crippen MR) is 105 cm³/mol. The second kappa shape index (κ2) is 7.78. The van der Waals surface area contributed by atoms with Gasteiger partial charge >= 0.3 is 5.69 Å². The number of fused-ring (bicyclic) bond motifs is 1. The highest BCUT2D eigenvalue weighted by molar-refractivity contribution is 5.76. The summed E-state index contributed by atoms with van der Waals surface area (Å²) in [7, 11) is 0. The number of hydrogen-bond acceptors (Lipinski definition) is 6. The SMILES string of the molecule is Cc1cn(CC(=O)N[C@@H]2CCCc3nc(-c4cccnc4)ncc32)c(=O)[nH]c1=O. The highest BCUT2D eigenvalue weighted by atomic mass is 16.2. The number of carbonyl (C=O) groups is 1. The van der Waals surface area contributed by atoms with E-state index in [0.717, 1.165) is 36.1 Å². The number of nitrogens with zero attached hydrogens (tertiary/aromatic N) is 4. The number of nitrogens with one attached hydrogen (secondary N) is 2. The van der Waals surface area contributed by atoms with Gasteiger partial charge in [-0.15, -0.1) is 0 Å². The minimum Gasteiger partial charge on any atom is -0.348 e. The van der Waals surface area contributed by atoms with Crippen LogP contribution in [-0.4, -0.2) is 30.4 Å². The maximum Gasteiger partial charge on any atom is 0.328 e. The molecule has 29 heavy (non-hydrogen) atoms. The van der Waals surface area contributed by atoms with Gasteiger partial charge in [0.1, 0.15) is 6.54 Å². The van der Waals surface area contributed by atoms with Crippen LogP contribution in [-0.2, 0) is 17.8 Å². The van der Waals surface area contributed by atoms with E-state index in [9.17, 15) is 14.4 Å². The molecule has 0 radical (unpaired) electrons. The van der Waals surface area contributed by atoms with Gasteiger partial charge in [0.25, 0.3) is 5.56 Å². The van der Waals surface area contributed by atoms with Gasteiger partial charge in [-0.2, -0.15) is 0 Å². The number of hydrogen-bond donors (Lipinski definition) is 2. The van der Waals surface area contributed by atoms with E-state index in [2.05, 4.69) is 25.3 Å². The molecule has 0 unspecified atom stereocenters. The Morgan fingerprint density at radius 3 is 3.00 bits per heavy atom. The molecule has 2 N–H and O–H groups in total. The minimum absolute atomic E-state index is 0.170. The number of rotatable bonds is 4. The van der Waals surface area contributed by atoms with Crippen LogP contribution in [0.5, 0.6) is 0 Å². The maximum absolute atomic E-state index is 12.5. The highest BCUT2D eigenvalue weighted by Gasteiger charge is 2.24. The number of pyridine rings is 1. The van der Waals surface area contributed by atoms with Crippen LogP contribution in [0.4, 0.5) is 0 Å². The van der Waals surface area contributed by atoms with E-state index in [4.69, 9.17) is 0 Å². The van der Waals surface area contributed by atoms with Gasteiger partial charge < -0.3 is 5.32 Å². The van der Waals surface area contributed by atoms with Crippen molar-refractivity contribution in [2.24, 2.45) is 0 Å². The van der Waals surface area contributed by atoms with Crippen molar-refractivity contribution in [2.45, 2.75) is 38.8 Å². The number of aryl methyl sites for hydroxylation is 2. The third kappa shape index (κ3) is 3.98. The quantitative estimate of drug-likeness (QED) is 0.680. The first-order chi connectivity index (χ1) is 14.0. The molecule has 3 heterocycles. The van der Waals surface area contributed by atoms with E-state index in [1.165, 1.54) is 10.8 Å². The van der Waals surface area contributed by atoms with Crippen LogP contribution in [0, 0.1) is 6.92 Å². The zero-order chi connectivity index (χ0) is 20.4. The second-order valence-electron chi connectivity index (χ2n) is 7.05. The third-order valence-corrected chi connectivity index (χ3v) is 4.94. The fourth-order valence-corrected chi connectivity index (χ4v) is 3.46. The molecule has 0 aromatic carbocycles. The lowest BCUT2D eigenvalue weighted by Gasteiger charge is -2.25. The number of H-pyrrole nitrogens is 1. The largest absolute Gasteiger partial charge is 0.348 e. The van der Waals surface area contributed by atoms with Crippen LogP contribution in [0.1, 0.15) is 35.7 Å². The summed E-state index contributed by atoms with van der Waals surface area (Å²) in [6, 6.07) is 3.52. The number of amides is 1. The molecule has 1 amide bonds. The van der Waals surface area contributed by atoms with Crippen LogP contribution in [0.25, 0.3) is 11.4 Å². The summed E-state index contributed by atoms with van der Waals surface area (Å²) in [5, 5.41) is 2.96. The summed E-state index contributed by atoms with van der Waals surface area (Å²) in [5.41, 5.74) is 1.96. The third-order valence-electron chi connectivity index (χ3n) is 4.94. The fourth-order valence-electron chi connectivity index (χ4n) is 3.46. The zero-order valence-electron chi connectivity index (χ0n) is 15.9. The first-order valence-electron chi connectivity index (χ1n) is 9.37. The average molecular weight is 392 g/mol. The Kier molecular flexibility index (Phi) is 5.03. The Hall–Kier alpha value is -3.62. The van der Waals surface area contributed by atoms with Crippen molar-refractivity contribution in [1.82, 2.24) is 29.8 Å². The van der Waals surface area contributed by atoms with Gasteiger partial charge in [-0.05, 0) is 38.3 Å². The standard InChI is InChI=1S/C20H20N6O3/c1-12-10-26(20(29)25-19(12)28)11-17(27)23-15-5-2-6-16-14(15)9-22-18(24-16)13-4-3-7-21-8-13/h3-4,7-10,15H,2,5-6,11H2,1H3,(H,23,27)(H,25,28,29)/t15-/m1/s1. The predicted octanol–water partition coefficient (Wildman–Crippen LogP) is 0.891. The first kappa shape index (κ1) is 18.7. The molecule has 0 saturated carbocycles. The molecular weight excluding hydrogens is 372 g/mol. The smallest absolute Gasteiger partial charge is 0.328 e. The van der Waals surface area contributed by atoms with Gasteiger partial charge in [-0.25, -0.2) is 14.8 Å². The molecule has 0 saturated heterocycles.